The molecule has 0 fully saturated rings. The summed E-state index contributed by atoms with van der Waals surface area (Å²) in [6, 6.07) is 4.03. The summed E-state index contributed by atoms with van der Waals surface area (Å²) in [6.45, 7) is 10.5. The molecule has 0 heterocycles. The fourth-order valence-corrected chi connectivity index (χ4v) is 2.19. The second-order valence-electron chi connectivity index (χ2n) is 5.81. The van der Waals surface area contributed by atoms with Crippen molar-refractivity contribution in [2.45, 2.75) is 33.7 Å². The Hall–Kier alpha value is -1.13. The first-order valence-electron chi connectivity index (χ1n) is 6.73. The van der Waals surface area contributed by atoms with Crippen LogP contribution >= 0.6 is 0 Å². The molecule has 0 amide bonds. The van der Waals surface area contributed by atoms with Gasteiger partial charge in [-0.1, -0.05) is 20.8 Å². The van der Waals surface area contributed by atoms with Crippen molar-refractivity contribution in [1.82, 2.24) is 4.90 Å². The molecule has 3 nitrogen and oxygen atoms in total. The molecule has 19 heavy (non-hydrogen) atoms. The van der Waals surface area contributed by atoms with Gasteiger partial charge in [-0.15, -0.1) is 0 Å². The summed E-state index contributed by atoms with van der Waals surface area (Å²) < 4.78 is 13.3. The molecule has 0 radical (unpaired) electrons. The second-order valence-corrected chi connectivity index (χ2v) is 5.81. The van der Waals surface area contributed by atoms with Gasteiger partial charge in [0, 0.05) is 18.2 Å². The zero-order chi connectivity index (χ0) is 14.6. The van der Waals surface area contributed by atoms with Crippen molar-refractivity contribution >= 4 is 0 Å². The first-order chi connectivity index (χ1) is 8.80. The van der Waals surface area contributed by atoms with Crippen molar-refractivity contribution in [3.8, 4) is 5.75 Å². The molecule has 0 aliphatic carbocycles. The monoisotopic (exact) mass is 268 g/mol. The number of aromatic hydroxyl groups is 1. The lowest BCUT2D eigenvalue weighted by Gasteiger charge is -2.35. The van der Waals surface area contributed by atoms with Crippen LogP contribution in [-0.2, 0) is 0 Å². The molecular formula is C15H25FN2O. The van der Waals surface area contributed by atoms with Crippen LogP contribution in [0.25, 0.3) is 0 Å². The van der Waals surface area contributed by atoms with E-state index in [2.05, 4.69) is 25.7 Å². The number of nitrogens with two attached hydrogens (primary N) is 1. The Labute approximate surface area is 115 Å². The van der Waals surface area contributed by atoms with E-state index in [0.717, 1.165) is 13.1 Å². The van der Waals surface area contributed by atoms with Crippen molar-refractivity contribution < 1.29 is 9.50 Å². The molecule has 1 aromatic rings. The Morgan fingerprint density at radius 3 is 2.58 bits per heavy atom. The van der Waals surface area contributed by atoms with Crippen molar-refractivity contribution in [3.63, 3.8) is 0 Å². The van der Waals surface area contributed by atoms with Crippen LogP contribution < -0.4 is 5.73 Å². The smallest absolute Gasteiger partial charge is 0.123 e. The van der Waals surface area contributed by atoms with Crippen LogP contribution in [0.1, 0.15) is 39.3 Å². The summed E-state index contributed by atoms with van der Waals surface area (Å²) >= 11 is 0. The average Bonchev–Trinajstić information content (AvgIpc) is 2.38. The van der Waals surface area contributed by atoms with Gasteiger partial charge < -0.3 is 10.8 Å². The number of hydrogen-bond acceptors (Lipinski definition) is 3. The lowest BCUT2D eigenvalue weighted by atomic mass is 9.91. The maximum Gasteiger partial charge on any atom is 0.123 e. The summed E-state index contributed by atoms with van der Waals surface area (Å²) in [7, 11) is 0. The molecule has 0 spiro atoms. The molecule has 1 aromatic carbocycles. The Morgan fingerprint density at radius 2 is 2.05 bits per heavy atom. The Balaban J connectivity index is 2.95. The quantitative estimate of drug-likeness (QED) is 0.834. The SMILES string of the molecule is CCN(CC(C)(C)CN)C(C)c1cc(F)ccc1O. The number of phenolic OH excluding ortho intramolecular Hbond substituents is 1. The zero-order valence-corrected chi connectivity index (χ0v) is 12.3. The molecule has 0 aromatic heterocycles. The lowest BCUT2D eigenvalue weighted by molar-refractivity contribution is 0.146. The number of nitrogens with zero attached hydrogens (tertiary/aromatic N) is 1. The zero-order valence-electron chi connectivity index (χ0n) is 12.3. The fourth-order valence-electron chi connectivity index (χ4n) is 2.19. The minimum absolute atomic E-state index is 0.00673. The van der Waals surface area contributed by atoms with Gasteiger partial charge in [-0.25, -0.2) is 4.39 Å². The van der Waals surface area contributed by atoms with Crippen LogP contribution in [0, 0.1) is 11.2 Å². The van der Waals surface area contributed by atoms with E-state index < -0.39 is 0 Å². The minimum atomic E-state index is -0.325. The van der Waals surface area contributed by atoms with Gasteiger partial charge >= 0.3 is 0 Å². The van der Waals surface area contributed by atoms with E-state index in [1.807, 2.05) is 6.92 Å². The highest BCUT2D eigenvalue weighted by molar-refractivity contribution is 5.35. The average molecular weight is 268 g/mol. The van der Waals surface area contributed by atoms with Crippen LogP contribution in [-0.4, -0.2) is 29.6 Å². The highest BCUT2D eigenvalue weighted by Crippen LogP contribution is 2.30. The summed E-state index contributed by atoms with van der Waals surface area (Å²) in [5, 5.41) is 9.89. The highest BCUT2D eigenvalue weighted by Gasteiger charge is 2.24. The van der Waals surface area contributed by atoms with Crippen molar-refractivity contribution in [1.29, 1.82) is 0 Å². The van der Waals surface area contributed by atoms with Crippen LogP contribution in [0.4, 0.5) is 4.39 Å². The third-order valence-corrected chi connectivity index (χ3v) is 3.58. The summed E-state index contributed by atoms with van der Waals surface area (Å²) in [5.41, 5.74) is 6.38. The Bertz CT molecular complexity index is 421. The number of benzene rings is 1. The summed E-state index contributed by atoms with van der Waals surface area (Å²) in [5.74, 6) is -0.188. The van der Waals surface area contributed by atoms with Gasteiger partial charge in [0.15, 0.2) is 0 Å². The van der Waals surface area contributed by atoms with E-state index in [4.69, 9.17) is 5.73 Å². The normalized spacial score (nSPS) is 13.8. The van der Waals surface area contributed by atoms with Crippen LogP contribution in [0.5, 0.6) is 5.75 Å². The molecule has 4 heteroatoms. The molecular weight excluding hydrogens is 243 g/mol. The topological polar surface area (TPSA) is 49.5 Å². The van der Waals surface area contributed by atoms with Crippen molar-refractivity contribution in [2.75, 3.05) is 19.6 Å². The van der Waals surface area contributed by atoms with Gasteiger partial charge in [0.2, 0.25) is 0 Å². The largest absolute Gasteiger partial charge is 0.508 e. The van der Waals surface area contributed by atoms with Crippen LogP contribution in [0.15, 0.2) is 18.2 Å². The van der Waals surface area contributed by atoms with E-state index in [1.54, 1.807) is 0 Å². The molecule has 0 saturated heterocycles. The Morgan fingerprint density at radius 1 is 1.42 bits per heavy atom. The van der Waals surface area contributed by atoms with Crippen LogP contribution in [0.2, 0.25) is 0 Å². The fraction of sp³-hybridized carbons (Fsp3) is 0.600. The predicted octanol–water partition coefficient (Wildman–Crippen LogP) is 2.90. The molecule has 1 atom stereocenters. The second kappa shape index (κ2) is 6.35. The van der Waals surface area contributed by atoms with Gasteiger partial charge in [-0.05, 0) is 43.6 Å². The molecule has 3 N–H and O–H groups in total. The minimum Gasteiger partial charge on any atom is -0.508 e. The lowest BCUT2D eigenvalue weighted by Crippen LogP contribution is -2.40. The van der Waals surface area contributed by atoms with E-state index in [0.29, 0.717) is 12.1 Å². The number of rotatable bonds is 6. The van der Waals surface area contributed by atoms with Gasteiger partial charge in [-0.2, -0.15) is 0 Å². The summed E-state index contributed by atoms with van der Waals surface area (Å²) in [6.07, 6.45) is 0. The molecule has 0 saturated carbocycles. The maximum atomic E-state index is 13.3. The highest BCUT2D eigenvalue weighted by atomic mass is 19.1. The first-order valence-corrected chi connectivity index (χ1v) is 6.73. The van der Waals surface area contributed by atoms with Crippen LogP contribution in [0.3, 0.4) is 0 Å². The van der Waals surface area contributed by atoms with Gasteiger partial charge in [0.25, 0.3) is 0 Å². The maximum absolute atomic E-state index is 13.3. The first kappa shape index (κ1) is 15.9. The molecule has 108 valence electrons. The molecule has 0 bridgehead atoms. The third-order valence-electron chi connectivity index (χ3n) is 3.58. The Kier molecular flexibility index (Phi) is 5.32. The predicted molar refractivity (Wildman–Crippen MR) is 76.6 cm³/mol. The molecule has 0 aliphatic heterocycles. The number of halogens is 1. The molecule has 0 aliphatic rings. The van der Waals surface area contributed by atoms with Crippen molar-refractivity contribution in [2.24, 2.45) is 11.1 Å². The van der Waals surface area contributed by atoms with E-state index in [1.165, 1.54) is 18.2 Å². The third kappa shape index (κ3) is 4.18. The van der Waals surface area contributed by atoms with Gasteiger partial charge in [-0.3, -0.25) is 4.90 Å². The van der Waals surface area contributed by atoms with E-state index >= 15 is 0 Å². The standard InChI is InChI=1S/C15H25FN2O/c1-5-18(10-15(3,4)9-17)11(2)13-8-12(16)6-7-14(13)19/h6-8,11,19H,5,9-10,17H2,1-4H3. The van der Waals surface area contributed by atoms with Gasteiger partial charge in [0.1, 0.15) is 11.6 Å². The van der Waals surface area contributed by atoms with E-state index in [9.17, 15) is 9.50 Å². The van der Waals surface area contributed by atoms with E-state index in [-0.39, 0.29) is 23.0 Å². The summed E-state index contributed by atoms with van der Waals surface area (Å²) in [4.78, 5) is 2.20. The molecule has 1 rings (SSSR count). The van der Waals surface area contributed by atoms with Gasteiger partial charge in [0.05, 0.1) is 0 Å². The molecule has 1 unspecified atom stereocenters. The number of phenols is 1. The number of hydrogen-bond donors (Lipinski definition) is 2. The van der Waals surface area contributed by atoms with Crippen molar-refractivity contribution in [3.05, 3.63) is 29.6 Å².